The number of aliphatic carboxylic acids is 2. The van der Waals surface area contributed by atoms with Gasteiger partial charge in [0.2, 0.25) is 11.8 Å². The highest BCUT2D eigenvalue weighted by Crippen LogP contribution is 1.96. The minimum absolute atomic E-state index is 0.175. The molecule has 0 radical (unpaired) electrons. The van der Waals surface area contributed by atoms with Crippen LogP contribution in [-0.4, -0.2) is 58.3 Å². The zero-order valence-electron chi connectivity index (χ0n) is 9.83. The fourth-order valence-electron chi connectivity index (χ4n) is 1.09. The van der Waals surface area contributed by atoms with Crippen LogP contribution in [0.1, 0.15) is 6.42 Å². The maximum Gasteiger partial charge on any atom is 0.327 e. The fraction of sp³-hybridized carbons (Fsp3) is 0.556. The first kappa shape index (κ1) is 17.2. The number of carbonyl (C=O) groups is 4. The minimum atomic E-state index is -1.39. The monoisotopic (exact) mass is 293 g/mol. The number of carbonyl (C=O) groups excluding carboxylic acids is 2. The second-order valence-corrected chi connectivity index (χ2v) is 3.87. The van der Waals surface area contributed by atoms with Crippen molar-refractivity contribution >= 4 is 36.4 Å². The van der Waals surface area contributed by atoms with Gasteiger partial charge in [-0.3, -0.25) is 14.4 Å². The summed E-state index contributed by atoms with van der Waals surface area (Å²) < 4.78 is 0. The lowest BCUT2D eigenvalue weighted by Gasteiger charge is -2.19. The number of nitrogens with one attached hydrogen (secondary N) is 2. The summed E-state index contributed by atoms with van der Waals surface area (Å²) in [4.78, 5) is 44.0. The van der Waals surface area contributed by atoms with Gasteiger partial charge in [-0.25, -0.2) is 4.79 Å². The zero-order chi connectivity index (χ0) is 15.0. The molecular weight excluding hydrogens is 278 g/mol. The molecule has 6 N–H and O–H groups in total. The van der Waals surface area contributed by atoms with E-state index in [0.29, 0.717) is 0 Å². The molecule has 0 aromatic rings. The number of rotatable bonds is 8. The average Bonchev–Trinajstić information content (AvgIpc) is 2.33. The largest absolute Gasteiger partial charge is 0.481 e. The maximum absolute atomic E-state index is 11.7. The van der Waals surface area contributed by atoms with Crippen LogP contribution in [0.3, 0.4) is 0 Å². The molecule has 0 aliphatic rings. The smallest absolute Gasteiger partial charge is 0.327 e. The van der Waals surface area contributed by atoms with Crippen molar-refractivity contribution in [3.05, 3.63) is 0 Å². The molecule has 0 saturated heterocycles. The number of amides is 2. The molecule has 0 aromatic heterocycles. The quantitative estimate of drug-likeness (QED) is 0.268. The topological polar surface area (TPSA) is 159 Å². The molecule has 0 aromatic carbocycles. The van der Waals surface area contributed by atoms with Crippen molar-refractivity contribution in [2.75, 3.05) is 12.3 Å². The highest BCUT2D eigenvalue weighted by molar-refractivity contribution is 7.80. The van der Waals surface area contributed by atoms with Gasteiger partial charge >= 0.3 is 11.9 Å². The van der Waals surface area contributed by atoms with E-state index in [0.717, 1.165) is 0 Å². The Morgan fingerprint density at radius 1 is 1.11 bits per heavy atom. The van der Waals surface area contributed by atoms with E-state index in [1.807, 2.05) is 0 Å². The van der Waals surface area contributed by atoms with E-state index in [1.165, 1.54) is 0 Å². The molecule has 0 rings (SSSR count). The Kier molecular flexibility index (Phi) is 7.53. The van der Waals surface area contributed by atoms with Crippen LogP contribution in [0.4, 0.5) is 0 Å². The summed E-state index contributed by atoms with van der Waals surface area (Å²) in [5.74, 6) is -4.46. The van der Waals surface area contributed by atoms with E-state index < -0.39 is 48.8 Å². The molecule has 0 fully saturated rings. The van der Waals surface area contributed by atoms with Crippen molar-refractivity contribution in [3.63, 3.8) is 0 Å². The Morgan fingerprint density at radius 2 is 1.68 bits per heavy atom. The highest BCUT2D eigenvalue weighted by atomic mass is 32.1. The van der Waals surface area contributed by atoms with Gasteiger partial charge in [-0.1, -0.05) is 0 Å². The van der Waals surface area contributed by atoms with Crippen LogP contribution in [0.25, 0.3) is 0 Å². The normalized spacial score (nSPS) is 13.2. The number of carboxylic acids is 2. The maximum atomic E-state index is 11.7. The van der Waals surface area contributed by atoms with Crippen molar-refractivity contribution in [1.29, 1.82) is 0 Å². The molecule has 0 aliphatic heterocycles. The third kappa shape index (κ3) is 6.62. The molecule has 0 bridgehead atoms. The van der Waals surface area contributed by atoms with Crippen LogP contribution in [0.15, 0.2) is 0 Å². The summed E-state index contributed by atoms with van der Waals surface area (Å²) >= 11 is 3.74. The SMILES string of the molecule is NCC(=O)NC(CC(=O)O)C(=O)NC(CS)C(=O)O. The second kappa shape index (κ2) is 8.32. The lowest BCUT2D eigenvalue weighted by Crippen LogP contribution is -2.53. The Hall–Kier alpha value is -1.81. The van der Waals surface area contributed by atoms with Gasteiger partial charge in [0.15, 0.2) is 0 Å². The van der Waals surface area contributed by atoms with Gasteiger partial charge in [-0.2, -0.15) is 12.6 Å². The van der Waals surface area contributed by atoms with Crippen LogP contribution < -0.4 is 16.4 Å². The van der Waals surface area contributed by atoms with Gasteiger partial charge in [0.1, 0.15) is 12.1 Å². The Morgan fingerprint density at radius 3 is 2.05 bits per heavy atom. The summed E-state index contributed by atoms with van der Waals surface area (Å²) in [6.45, 7) is -0.418. The molecule has 19 heavy (non-hydrogen) atoms. The molecule has 10 heteroatoms. The molecule has 0 saturated carbocycles. The number of thiol groups is 1. The lowest BCUT2D eigenvalue weighted by atomic mass is 10.1. The number of hydrogen-bond acceptors (Lipinski definition) is 6. The van der Waals surface area contributed by atoms with Crippen molar-refractivity contribution in [2.45, 2.75) is 18.5 Å². The summed E-state index contributed by atoms with van der Waals surface area (Å²) in [5, 5.41) is 21.5. The average molecular weight is 293 g/mol. The van der Waals surface area contributed by atoms with Gasteiger partial charge in [-0.05, 0) is 0 Å². The van der Waals surface area contributed by atoms with Crippen molar-refractivity contribution < 1.29 is 29.4 Å². The summed E-state index contributed by atoms with van der Waals surface area (Å²) in [7, 11) is 0. The van der Waals surface area contributed by atoms with Crippen LogP contribution in [-0.2, 0) is 19.2 Å². The minimum Gasteiger partial charge on any atom is -0.481 e. The van der Waals surface area contributed by atoms with E-state index in [-0.39, 0.29) is 5.75 Å². The predicted octanol–water partition coefficient (Wildman–Crippen LogP) is -2.60. The van der Waals surface area contributed by atoms with Crippen LogP contribution >= 0.6 is 12.6 Å². The van der Waals surface area contributed by atoms with E-state index in [9.17, 15) is 19.2 Å². The molecule has 2 atom stereocenters. The van der Waals surface area contributed by atoms with E-state index in [4.69, 9.17) is 15.9 Å². The van der Waals surface area contributed by atoms with Gasteiger partial charge < -0.3 is 26.6 Å². The highest BCUT2D eigenvalue weighted by Gasteiger charge is 2.27. The molecular formula is C9H15N3O6S. The Labute approximate surface area is 113 Å². The summed E-state index contributed by atoms with van der Waals surface area (Å²) in [5.41, 5.74) is 5.03. The van der Waals surface area contributed by atoms with Crippen LogP contribution in [0.2, 0.25) is 0 Å². The van der Waals surface area contributed by atoms with E-state index in [1.54, 1.807) is 0 Å². The third-order valence-electron chi connectivity index (χ3n) is 2.01. The van der Waals surface area contributed by atoms with Gasteiger partial charge in [0.05, 0.1) is 13.0 Å². The summed E-state index contributed by atoms with van der Waals surface area (Å²) in [6.07, 6.45) is -0.684. The standard InChI is InChI=1S/C9H15N3O6S/c10-2-6(13)11-4(1-7(14)15)8(16)12-5(3-19)9(17)18/h4-5,19H,1-3,10H2,(H,11,13)(H,12,16)(H,14,15)(H,17,18). The molecule has 0 heterocycles. The molecule has 0 aliphatic carbocycles. The number of carboxylic acid groups (broad SMARTS) is 2. The first-order valence-electron chi connectivity index (χ1n) is 5.17. The van der Waals surface area contributed by atoms with Crippen molar-refractivity contribution in [2.24, 2.45) is 5.73 Å². The Balaban J connectivity index is 4.74. The van der Waals surface area contributed by atoms with Crippen LogP contribution in [0, 0.1) is 0 Å². The van der Waals surface area contributed by atoms with Crippen molar-refractivity contribution in [1.82, 2.24) is 10.6 Å². The van der Waals surface area contributed by atoms with Gasteiger partial charge in [-0.15, -0.1) is 0 Å². The third-order valence-corrected chi connectivity index (χ3v) is 2.38. The number of nitrogens with two attached hydrogens (primary N) is 1. The van der Waals surface area contributed by atoms with Crippen molar-refractivity contribution in [3.8, 4) is 0 Å². The van der Waals surface area contributed by atoms with E-state index in [2.05, 4.69) is 23.3 Å². The Bertz CT molecular complexity index is 375. The molecule has 2 unspecified atom stereocenters. The molecule has 9 nitrogen and oxygen atoms in total. The van der Waals surface area contributed by atoms with E-state index >= 15 is 0 Å². The molecule has 2 amide bonds. The second-order valence-electron chi connectivity index (χ2n) is 3.50. The lowest BCUT2D eigenvalue weighted by molar-refractivity contribution is -0.142. The van der Waals surface area contributed by atoms with Gasteiger partial charge in [0, 0.05) is 5.75 Å². The predicted molar refractivity (Wildman–Crippen MR) is 66.7 cm³/mol. The number of hydrogen-bond donors (Lipinski definition) is 6. The first-order chi connectivity index (χ1) is 8.81. The fourth-order valence-corrected chi connectivity index (χ4v) is 1.34. The zero-order valence-corrected chi connectivity index (χ0v) is 10.7. The first-order valence-corrected chi connectivity index (χ1v) is 5.80. The molecule has 0 spiro atoms. The van der Waals surface area contributed by atoms with Gasteiger partial charge in [0.25, 0.3) is 0 Å². The molecule has 108 valence electrons. The summed E-state index contributed by atoms with van der Waals surface area (Å²) in [6, 6.07) is -2.67. The van der Waals surface area contributed by atoms with Crippen LogP contribution in [0.5, 0.6) is 0 Å².